The van der Waals surface area contributed by atoms with Crippen LogP contribution in [0.2, 0.25) is 0 Å². The number of aromatic hydroxyl groups is 3. The number of phenolic OH excluding ortho intramolecular Hbond substituents is 3. The third-order valence-corrected chi connectivity index (χ3v) is 15.3. The molecule has 3 fully saturated rings. The van der Waals surface area contributed by atoms with Crippen LogP contribution in [0.5, 0.6) is 23.0 Å². The van der Waals surface area contributed by atoms with Crippen LogP contribution in [-0.4, -0.2) is 70.7 Å². The molecule has 3 aromatic carbocycles. The second kappa shape index (κ2) is 16.9. The summed E-state index contributed by atoms with van der Waals surface area (Å²) in [4.78, 5) is 15.4. The maximum absolute atomic E-state index is 15.4. The molecule has 2 saturated carbocycles. The standard InChI is InChI=1S/C49H62N2O7/c1-4-5-7-12-34-41(53)21-36(37-23-45(58-3)44(56)19-33(37)27-52)29(17-28-10-8-6-9-11-28)13-14-31-26-51-46-16-15-30-18-32(25-50-2)35-20-39(30)49(46,47(31)48(34)57)40-24-43(55)42(54)22-38(35)40/h6,8-11,19,22-24,29-32,34-36,39,46-48,50-52,54-57H,4-5,7,12,15-18,20-21,25-27H2,1-3H3/t29-,30-,31-,32+,34-,35-,36-,39-,46-,47-,48-,49+/m0/s1. The number of Topliss-reactive ketones (excluding diaryl/α,β-unsaturated/α-hetero) is 1. The molecule has 9 heteroatoms. The number of unbranched alkanes of at least 4 members (excludes halogenated alkanes) is 2. The summed E-state index contributed by atoms with van der Waals surface area (Å²) in [5.74, 6) is 6.52. The molecular formula is C49H62N2O7. The lowest BCUT2D eigenvalue weighted by atomic mass is 9.39. The van der Waals surface area contributed by atoms with Gasteiger partial charge in [0.2, 0.25) is 0 Å². The fourth-order valence-electron chi connectivity index (χ4n) is 12.9. The highest BCUT2D eigenvalue weighted by Gasteiger charge is 2.67. The number of benzene rings is 3. The lowest BCUT2D eigenvalue weighted by molar-refractivity contribution is -0.140. The van der Waals surface area contributed by atoms with Gasteiger partial charge >= 0.3 is 0 Å². The van der Waals surface area contributed by atoms with Gasteiger partial charge in [-0.1, -0.05) is 68.4 Å². The van der Waals surface area contributed by atoms with E-state index in [0.29, 0.717) is 36.8 Å². The second-order valence-corrected chi connectivity index (χ2v) is 18.1. The Hall–Kier alpha value is -4.07. The first-order chi connectivity index (χ1) is 28.1. The van der Waals surface area contributed by atoms with Crippen molar-refractivity contribution >= 4 is 5.78 Å². The Balaban J connectivity index is 1.35. The Kier molecular flexibility index (Phi) is 11.9. The number of rotatable bonds is 11. The molecule has 1 aliphatic heterocycles. The van der Waals surface area contributed by atoms with Crippen LogP contribution in [-0.2, 0) is 23.2 Å². The number of piperidine rings is 1. The van der Waals surface area contributed by atoms with Crippen molar-refractivity contribution in [3.8, 4) is 34.8 Å². The molecular weight excluding hydrogens is 729 g/mol. The van der Waals surface area contributed by atoms with Crippen molar-refractivity contribution in [2.45, 2.75) is 107 Å². The first-order valence-electron chi connectivity index (χ1n) is 21.8. The lowest BCUT2D eigenvalue weighted by Gasteiger charge is -2.67. The van der Waals surface area contributed by atoms with Gasteiger partial charge in [-0.3, -0.25) is 4.79 Å². The molecule has 3 aromatic rings. The van der Waals surface area contributed by atoms with Crippen molar-refractivity contribution in [3.63, 3.8) is 0 Å². The van der Waals surface area contributed by atoms with E-state index in [1.807, 2.05) is 25.2 Å². The number of aliphatic hydroxyl groups excluding tert-OH is 2. The van der Waals surface area contributed by atoms with Crippen molar-refractivity contribution in [1.29, 1.82) is 0 Å². The minimum absolute atomic E-state index is 0.00900. The number of ketones is 1. The Morgan fingerprint density at radius 1 is 0.948 bits per heavy atom. The van der Waals surface area contributed by atoms with Gasteiger partial charge in [0.05, 0.1) is 19.8 Å². The summed E-state index contributed by atoms with van der Waals surface area (Å²) in [6.07, 6.45) is 6.93. The smallest absolute Gasteiger partial charge is 0.160 e. The largest absolute Gasteiger partial charge is 0.504 e. The van der Waals surface area contributed by atoms with E-state index < -0.39 is 29.3 Å². The quantitative estimate of drug-likeness (QED) is 0.0642. The molecule has 0 radical (unpaired) electrons. The van der Waals surface area contributed by atoms with Crippen LogP contribution in [0.15, 0.2) is 54.6 Å². The fourth-order valence-corrected chi connectivity index (χ4v) is 12.9. The maximum atomic E-state index is 15.4. The highest BCUT2D eigenvalue weighted by atomic mass is 16.5. The zero-order chi connectivity index (χ0) is 40.7. The number of ether oxygens (including phenoxy) is 1. The summed E-state index contributed by atoms with van der Waals surface area (Å²) in [6, 6.07) is 17.1. The van der Waals surface area contributed by atoms with Crippen LogP contribution >= 0.6 is 0 Å². The van der Waals surface area contributed by atoms with Crippen LogP contribution in [0.25, 0.3) is 0 Å². The third-order valence-electron chi connectivity index (χ3n) is 15.3. The number of aliphatic hydroxyl groups is 2. The molecule has 1 heterocycles. The number of hydrogen-bond acceptors (Lipinski definition) is 9. The van der Waals surface area contributed by atoms with E-state index >= 15 is 4.79 Å². The molecule has 1 saturated heterocycles. The highest BCUT2D eigenvalue weighted by molar-refractivity contribution is 5.83. The van der Waals surface area contributed by atoms with Crippen LogP contribution in [0, 0.1) is 53.3 Å². The first-order valence-corrected chi connectivity index (χ1v) is 21.8. The van der Waals surface area contributed by atoms with Gasteiger partial charge in [0.15, 0.2) is 23.0 Å². The molecule has 0 unspecified atom stereocenters. The van der Waals surface area contributed by atoms with E-state index in [-0.39, 0.29) is 71.5 Å². The number of hydrogen-bond donors (Lipinski definition) is 7. The van der Waals surface area contributed by atoms with Crippen LogP contribution in [0.4, 0.5) is 0 Å². The zero-order valence-corrected chi connectivity index (χ0v) is 34.3. The van der Waals surface area contributed by atoms with Gasteiger partial charge < -0.3 is 40.9 Å². The Morgan fingerprint density at radius 3 is 2.48 bits per heavy atom. The van der Waals surface area contributed by atoms with E-state index in [4.69, 9.17) is 4.74 Å². The molecule has 5 aliphatic rings. The van der Waals surface area contributed by atoms with Gasteiger partial charge in [0, 0.05) is 54.0 Å². The van der Waals surface area contributed by atoms with E-state index in [1.54, 1.807) is 18.2 Å². The summed E-state index contributed by atoms with van der Waals surface area (Å²) in [5.41, 5.74) is 3.78. The molecule has 310 valence electrons. The average Bonchev–Trinajstić information content (AvgIpc) is 3.23. The molecule has 1 spiro atoms. The van der Waals surface area contributed by atoms with Crippen LogP contribution in [0.3, 0.4) is 0 Å². The van der Waals surface area contributed by atoms with Gasteiger partial charge in [-0.15, -0.1) is 0 Å². The number of carbonyl (C=O) groups excluding carboxylic acids is 1. The normalized spacial score (nSPS) is 33.8. The van der Waals surface area contributed by atoms with Gasteiger partial charge in [0.1, 0.15) is 5.78 Å². The van der Waals surface area contributed by atoms with Crippen molar-refractivity contribution in [3.05, 3.63) is 82.4 Å². The predicted molar refractivity (Wildman–Crippen MR) is 224 cm³/mol. The zero-order valence-electron chi connectivity index (χ0n) is 34.3. The molecule has 12 atom stereocenters. The number of phenols is 3. The third kappa shape index (κ3) is 6.98. The SMILES string of the molecule is CCCCC[C@H]1C(=O)C[C@H](c2cc(OC)c(O)cc2CO)[C@H](Cc2ccccc2)C#C[C@H]2CN[C@H]3CC[C@H]4C[C@H](CNC)[C@@H]5C[C@@H]4[C@]3(c3cc(O)c(O)cc35)[C@@H]2[C@H]1O. The maximum Gasteiger partial charge on any atom is 0.160 e. The monoisotopic (exact) mass is 790 g/mol. The number of nitrogens with one attached hydrogen (secondary N) is 2. The van der Waals surface area contributed by atoms with Gasteiger partial charge in [-0.25, -0.2) is 0 Å². The van der Waals surface area contributed by atoms with Crippen molar-refractivity contribution < 1.29 is 35.1 Å². The number of fused-ring (bicyclic) bond motifs is 4. The Labute approximate surface area is 343 Å². The molecule has 0 amide bonds. The topological polar surface area (TPSA) is 152 Å². The van der Waals surface area contributed by atoms with E-state index in [2.05, 4.69) is 41.5 Å². The predicted octanol–water partition coefficient (Wildman–Crippen LogP) is 6.68. The van der Waals surface area contributed by atoms with Crippen molar-refractivity contribution in [2.75, 3.05) is 27.2 Å². The van der Waals surface area contributed by atoms with Crippen LogP contribution < -0.4 is 15.4 Å². The first kappa shape index (κ1) is 40.7. The summed E-state index contributed by atoms with van der Waals surface area (Å²) in [7, 11) is 3.50. The Morgan fingerprint density at radius 2 is 1.74 bits per heavy atom. The molecule has 4 aliphatic carbocycles. The average molecular weight is 791 g/mol. The van der Waals surface area contributed by atoms with E-state index in [9.17, 15) is 25.5 Å². The van der Waals surface area contributed by atoms with E-state index in [0.717, 1.165) is 73.7 Å². The molecule has 0 aromatic heterocycles. The molecule has 7 N–H and O–H groups in total. The van der Waals surface area contributed by atoms with Gasteiger partial charge in [-0.2, -0.15) is 0 Å². The molecule has 8 rings (SSSR count). The summed E-state index contributed by atoms with van der Waals surface area (Å²) < 4.78 is 5.58. The Bertz CT molecular complexity index is 2030. The van der Waals surface area contributed by atoms with E-state index in [1.165, 1.54) is 13.2 Å². The highest BCUT2D eigenvalue weighted by Crippen LogP contribution is 2.67. The van der Waals surface area contributed by atoms with Gasteiger partial charge in [-0.05, 0) is 128 Å². The van der Waals surface area contributed by atoms with Crippen molar-refractivity contribution in [1.82, 2.24) is 10.6 Å². The van der Waals surface area contributed by atoms with Crippen LogP contribution in [0.1, 0.15) is 104 Å². The minimum Gasteiger partial charge on any atom is -0.504 e. The van der Waals surface area contributed by atoms with Gasteiger partial charge in [0.25, 0.3) is 0 Å². The fraction of sp³-hybridized carbons (Fsp3) is 0.571. The van der Waals surface area contributed by atoms with Crippen molar-refractivity contribution in [2.24, 2.45) is 41.4 Å². The molecule has 9 nitrogen and oxygen atoms in total. The second-order valence-electron chi connectivity index (χ2n) is 18.1. The summed E-state index contributed by atoms with van der Waals surface area (Å²) in [5, 5.41) is 64.6. The summed E-state index contributed by atoms with van der Waals surface area (Å²) in [6.45, 7) is 3.25. The molecule has 58 heavy (non-hydrogen) atoms. The molecule has 2 bridgehead atoms. The number of carbonyl (C=O) groups is 1. The lowest BCUT2D eigenvalue weighted by Crippen LogP contribution is -2.72. The minimum atomic E-state index is -1.000. The summed E-state index contributed by atoms with van der Waals surface area (Å²) >= 11 is 0. The number of methoxy groups -OCH3 is 1.